The number of phosphoric ester groups is 1. The van der Waals surface area contributed by atoms with E-state index in [-0.39, 0.29) is 19.1 Å². The van der Waals surface area contributed by atoms with Crippen LogP contribution in [0.5, 0.6) is 0 Å². The smallest absolute Gasteiger partial charge is 0.387 e. The number of carbonyl (C=O) groups is 1. The number of phosphoric acid groups is 1. The standard InChI is InChI=1S/C61H121N2O6P/c1-6-8-10-12-14-15-16-17-18-19-20-21-22-23-24-25-26-27-28-29-30-31-32-33-34-35-36-37-38-39-40-41-42-43-44-45-46-47-49-51-53-55-61(65)62-59(60(64)54-52-50-48-13-11-9-7-2)58-69-70(66,67)68-57-56-63(3,4)5/h11,13,52,54,59-60,64H,6-10,12,14-51,53,55-58H2,1-5H3,(H-,62,65,66,67)/p+1/b13-11+,54-52+. The number of aliphatic hydroxyl groups excluding tert-OH is 1. The number of unbranched alkanes of at least 4 members (excludes halogenated alkanes) is 42. The lowest BCUT2D eigenvalue weighted by Crippen LogP contribution is -2.45. The molecule has 0 bridgehead atoms. The van der Waals surface area contributed by atoms with Gasteiger partial charge in [-0.1, -0.05) is 301 Å². The molecule has 0 aromatic heterocycles. The second-order valence-corrected chi connectivity index (χ2v) is 23.9. The van der Waals surface area contributed by atoms with Gasteiger partial charge in [-0.25, -0.2) is 4.57 Å². The largest absolute Gasteiger partial charge is 0.472 e. The number of allylic oxidation sites excluding steroid dienone is 3. The maximum absolute atomic E-state index is 12.9. The number of amides is 1. The minimum absolute atomic E-state index is 0.0577. The van der Waals surface area contributed by atoms with E-state index in [9.17, 15) is 19.4 Å². The number of hydrogen-bond donors (Lipinski definition) is 3. The number of nitrogens with zero attached hydrogens (tertiary/aromatic N) is 1. The van der Waals surface area contributed by atoms with Crippen LogP contribution in [0.25, 0.3) is 0 Å². The van der Waals surface area contributed by atoms with E-state index in [1.54, 1.807) is 6.08 Å². The van der Waals surface area contributed by atoms with Crippen molar-refractivity contribution in [2.75, 3.05) is 40.9 Å². The molecular formula is C61H122N2O6P+. The van der Waals surface area contributed by atoms with Gasteiger partial charge >= 0.3 is 7.82 Å². The normalized spacial score (nSPS) is 14.0. The van der Waals surface area contributed by atoms with Gasteiger partial charge in [0.2, 0.25) is 5.91 Å². The Hall–Kier alpha value is -1.02. The van der Waals surface area contributed by atoms with Gasteiger partial charge in [0.25, 0.3) is 0 Å². The van der Waals surface area contributed by atoms with Gasteiger partial charge in [-0.05, 0) is 25.7 Å². The van der Waals surface area contributed by atoms with Crippen LogP contribution >= 0.6 is 7.82 Å². The molecule has 1 amide bonds. The molecule has 70 heavy (non-hydrogen) atoms. The second-order valence-electron chi connectivity index (χ2n) is 22.4. The molecule has 0 fully saturated rings. The van der Waals surface area contributed by atoms with Crippen molar-refractivity contribution in [3.63, 3.8) is 0 Å². The highest BCUT2D eigenvalue weighted by Crippen LogP contribution is 2.43. The molecule has 0 spiro atoms. The van der Waals surface area contributed by atoms with E-state index in [1.807, 2.05) is 27.2 Å². The fourth-order valence-electron chi connectivity index (χ4n) is 9.36. The lowest BCUT2D eigenvalue weighted by molar-refractivity contribution is -0.870. The lowest BCUT2D eigenvalue weighted by Gasteiger charge is -2.25. The minimum atomic E-state index is -4.34. The number of rotatable bonds is 57. The summed E-state index contributed by atoms with van der Waals surface area (Å²) in [4.78, 5) is 23.1. The average molecular weight is 1010 g/mol. The molecule has 0 heterocycles. The highest BCUT2D eigenvalue weighted by Gasteiger charge is 2.27. The number of nitrogens with one attached hydrogen (secondary N) is 1. The molecule has 0 aliphatic carbocycles. The summed E-state index contributed by atoms with van der Waals surface area (Å²) in [5.74, 6) is -0.186. The van der Waals surface area contributed by atoms with Gasteiger partial charge in [0.15, 0.2) is 0 Å². The lowest BCUT2D eigenvalue weighted by atomic mass is 10.0. The van der Waals surface area contributed by atoms with Gasteiger partial charge in [-0.2, -0.15) is 0 Å². The Morgan fingerprint density at radius 3 is 1.11 bits per heavy atom. The maximum Gasteiger partial charge on any atom is 0.472 e. The molecule has 0 aliphatic heterocycles. The van der Waals surface area contributed by atoms with Gasteiger partial charge < -0.3 is 19.8 Å². The van der Waals surface area contributed by atoms with E-state index in [1.165, 1.54) is 244 Å². The predicted molar refractivity (Wildman–Crippen MR) is 305 cm³/mol. The monoisotopic (exact) mass is 1010 g/mol. The zero-order valence-corrected chi connectivity index (χ0v) is 48.4. The first-order chi connectivity index (χ1) is 34.0. The Labute approximate surface area is 436 Å². The Balaban J connectivity index is 3.66. The fourth-order valence-corrected chi connectivity index (χ4v) is 10.1. The average Bonchev–Trinajstić information content (AvgIpc) is 3.32. The van der Waals surface area contributed by atoms with Gasteiger partial charge in [0, 0.05) is 6.42 Å². The minimum Gasteiger partial charge on any atom is -0.387 e. The summed E-state index contributed by atoms with van der Waals surface area (Å²) in [5.41, 5.74) is 0. The van der Waals surface area contributed by atoms with Crippen LogP contribution in [0.15, 0.2) is 24.3 Å². The third kappa shape index (κ3) is 54.7. The van der Waals surface area contributed by atoms with Crippen LogP contribution in [-0.4, -0.2) is 73.4 Å². The van der Waals surface area contributed by atoms with E-state index < -0.39 is 20.0 Å². The highest BCUT2D eigenvalue weighted by atomic mass is 31.2. The van der Waals surface area contributed by atoms with Crippen LogP contribution in [0.3, 0.4) is 0 Å². The molecule has 8 nitrogen and oxygen atoms in total. The first-order valence-corrected chi connectivity index (χ1v) is 32.2. The molecule has 0 aromatic rings. The van der Waals surface area contributed by atoms with Crippen molar-refractivity contribution in [3.05, 3.63) is 24.3 Å². The Kier molecular flexibility index (Phi) is 52.1. The van der Waals surface area contributed by atoms with E-state index in [0.717, 1.165) is 44.9 Å². The van der Waals surface area contributed by atoms with Crippen molar-refractivity contribution >= 4 is 13.7 Å². The van der Waals surface area contributed by atoms with Crippen LogP contribution in [0.4, 0.5) is 0 Å². The molecule has 3 N–H and O–H groups in total. The summed E-state index contributed by atoms with van der Waals surface area (Å²) in [6.07, 6.45) is 68.1. The van der Waals surface area contributed by atoms with Crippen LogP contribution in [0, 0.1) is 0 Å². The maximum atomic E-state index is 12.9. The molecule has 3 atom stereocenters. The number of carbonyl (C=O) groups excluding carboxylic acids is 1. The van der Waals surface area contributed by atoms with Crippen LogP contribution in [0.2, 0.25) is 0 Å². The summed E-state index contributed by atoms with van der Waals surface area (Å²) < 4.78 is 23.5. The number of hydrogen-bond acceptors (Lipinski definition) is 5. The third-order valence-corrected chi connectivity index (χ3v) is 15.1. The molecule has 0 saturated carbocycles. The number of likely N-dealkylation sites (N-methyl/N-ethyl adjacent to an activating group) is 1. The quantitative estimate of drug-likeness (QED) is 0.0243. The van der Waals surface area contributed by atoms with Crippen LogP contribution in [-0.2, 0) is 18.4 Å². The molecule has 0 aliphatic rings. The third-order valence-electron chi connectivity index (χ3n) is 14.2. The van der Waals surface area contributed by atoms with Crippen LogP contribution < -0.4 is 5.32 Å². The first kappa shape index (κ1) is 69.0. The molecule has 0 rings (SSSR count). The van der Waals surface area contributed by atoms with Crippen molar-refractivity contribution in [3.8, 4) is 0 Å². The van der Waals surface area contributed by atoms with Crippen molar-refractivity contribution < 1.29 is 32.9 Å². The first-order valence-electron chi connectivity index (χ1n) is 30.7. The Morgan fingerprint density at radius 2 is 0.786 bits per heavy atom. The van der Waals surface area contributed by atoms with Crippen molar-refractivity contribution in [1.82, 2.24) is 5.32 Å². The van der Waals surface area contributed by atoms with Gasteiger partial charge in [0.05, 0.1) is 39.9 Å². The Morgan fingerprint density at radius 1 is 0.471 bits per heavy atom. The zero-order valence-electron chi connectivity index (χ0n) is 47.5. The zero-order chi connectivity index (χ0) is 51.3. The molecule has 9 heteroatoms. The molecule has 3 unspecified atom stereocenters. The molecule has 0 saturated heterocycles. The molecule has 0 radical (unpaired) electrons. The SMILES string of the molecule is CCC/C=C/CC/C=C/C(O)C(COP(=O)(O)OCC[N+](C)(C)C)NC(=O)CCCCCCCCCCCCCCCCCCCCCCCCCCCCCCCCCCCCCCCCCCC. The highest BCUT2D eigenvalue weighted by molar-refractivity contribution is 7.47. The van der Waals surface area contributed by atoms with E-state index >= 15 is 0 Å². The summed E-state index contributed by atoms with van der Waals surface area (Å²) in [6.45, 7) is 4.71. The van der Waals surface area contributed by atoms with Gasteiger partial charge in [-0.15, -0.1) is 0 Å². The van der Waals surface area contributed by atoms with E-state index in [4.69, 9.17) is 9.05 Å². The Bertz CT molecular complexity index is 1190. The van der Waals surface area contributed by atoms with E-state index in [0.29, 0.717) is 17.4 Å². The fraction of sp³-hybridized carbons (Fsp3) is 0.918. The van der Waals surface area contributed by atoms with E-state index in [2.05, 4.69) is 31.3 Å². The van der Waals surface area contributed by atoms with Gasteiger partial charge in [0.1, 0.15) is 13.2 Å². The topological polar surface area (TPSA) is 105 Å². The van der Waals surface area contributed by atoms with Crippen molar-refractivity contribution in [1.29, 1.82) is 0 Å². The second kappa shape index (κ2) is 52.8. The van der Waals surface area contributed by atoms with Gasteiger partial charge in [-0.3, -0.25) is 13.8 Å². The van der Waals surface area contributed by atoms with Crippen LogP contribution in [0.1, 0.15) is 309 Å². The van der Waals surface area contributed by atoms with Crippen molar-refractivity contribution in [2.45, 2.75) is 321 Å². The number of aliphatic hydroxyl groups is 1. The summed E-state index contributed by atoms with van der Waals surface area (Å²) in [6, 6.07) is -0.857. The molecule has 0 aromatic carbocycles. The summed E-state index contributed by atoms with van der Waals surface area (Å²) in [7, 11) is 1.56. The summed E-state index contributed by atoms with van der Waals surface area (Å²) >= 11 is 0. The predicted octanol–water partition coefficient (Wildman–Crippen LogP) is 18.8. The van der Waals surface area contributed by atoms with Crippen molar-refractivity contribution in [2.24, 2.45) is 0 Å². The number of quaternary nitrogens is 1. The summed E-state index contributed by atoms with van der Waals surface area (Å²) in [5, 5.41) is 13.7. The molecule has 416 valence electrons. The molecular weight excluding hydrogens is 888 g/mol.